The van der Waals surface area contributed by atoms with E-state index in [9.17, 15) is 4.79 Å². The molecule has 7 nitrogen and oxygen atoms in total. The third-order valence-electron chi connectivity index (χ3n) is 5.19. The molecule has 1 heterocycles. The van der Waals surface area contributed by atoms with Crippen molar-refractivity contribution < 1.29 is 9.32 Å². The standard InChI is InChI=1S/C20H35N5O2/c1-5-17-16(18(6-2)27-24-17)13-22-20(23-14-19(26)25(3)4)21-12-15-10-8-7-9-11-15/h15H,5-14H2,1-4H3,(H2,21,22,23). The number of aliphatic imine (C=N–C) groups is 1. The lowest BCUT2D eigenvalue weighted by molar-refractivity contribution is -0.127. The van der Waals surface area contributed by atoms with E-state index in [0.717, 1.165) is 36.4 Å². The van der Waals surface area contributed by atoms with Crippen LogP contribution in [0.25, 0.3) is 0 Å². The minimum Gasteiger partial charge on any atom is -0.361 e. The van der Waals surface area contributed by atoms with E-state index < -0.39 is 0 Å². The molecule has 0 aromatic carbocycles. The zero-order valence-corrected chi connectivity index (χ0v) is 17.3. The molecule has 2 N–H and O–H groups in total. The van der Waals surface area contributed by atoms with Gasteiger partial charge in [-0.15, -0.1) is 0 Å². The maximum Gasteiger partial charge on any atom is 0.241 e. The van der Waals surface area contributed by atoms with Crippen LogP contribution in [0, 0.1) is 5.92 Å². The molecule has 1 aromatic heterocycles. The average molecular weight is 378 g/mol. The van der Waals surface area contributed by atoms with Crippen LogP contribution in [-0.2, 0) is 24.2 Å². The van der Waals surface area contributed by atoms with E-state index in [-0.39, 0.29) is 12.5 Å². The molecule has 152 valence electrons. The Labute approximate surface area is 163 Å². The van der Waals surface area contributed by atoms with Gasteiger partial charge in [-0.1, -0.05) is 38.3 Å². The van der Waals surface area contributed by atoms with Gasteiger partial charge in [-0.3, -0.25) is 4.79 Å². The normalized spacial score (nSPS) is 15.6. The molecule has 2 rings (SSSR count). The van der Waals surface area contributed by atoms with Crippen LogP contribution in [0.15, 0.2) is 9.52 Å². The molecule has 1 saturated carbocycles. The third kappa shape index (κ3) is 6.56. The van der Waals surface area contributed by atoms with Gasteiger partial charge in [-0.25, -0.2) is 4.99 Å². The maximum atomic E-state index is 11.9. The molecular formula is C20H35N5O2. The van der Waals surface area contributed by atoms with Crippen molar-refractivity contribution >= 4 is 11.9 Å². The Bertz CT molecular complexity index is 596. The van der Waals surface area contributed by atoms with Gasteiger partial charge in [0, 0.05) is 32.6 Å². The van der Waals surface area contributed by atoms with Crippen LogP contribution in [0.1, 0.15) is 63.0 Å². The topological polar surface area (TPSA) is 82.8 Å². The Hall–Kier alpha value is -2.05. The fourth-order valence-electron chi connectivity index (χ4n) is 3.40. The highest BCUT2D eigenvalue weighted by Gasteiger charge is 2.16. The predicted octanol–water partition coefficient (Wildman–Crippen LogP) is 2.50. The fourth-order valence-corrected chi connectivity index (χ4v) is 3.40. The molecule has 27 heavy (non-hydrogen) atoms. The number of carbonyl (C=O) groups excluding carboxylic acids is 1. The summed E-state index contributed by atoms with van der Waals surface area (Å²) in [6, 6.07) is 0. The zero-order chi connectivity index (χ0) is 19.6. The highest BCUT2D eigenvalue weighted by atomic mass is 16.5. The number of aryl methyl sites for hydroxylation is 2. The number of carbonyl (C=O) groups is 1. The molecule has 1 fully saturated rings. The number of nitrogens with one attached hydrogen (secondary N) is 2. The van der Waals surface area contributed by atoms with Crippen LogP contribution in [0.2, 0.25) is 0 Å². The Kier molecular flexibility index (Phi) is 8.61. The van der Waals surface area contributed by atoms with Crippen molar-refractivity contribution in [3.05, 3.63) is 17.0 Å². The first-order valence-electron chi connectivity index (χ1n) is 10.2. The van der Waals surface area contributed by atoms with Gasteiger partial charge in [0.15, 0.2) is 5.96 Å². The van der Waals surface area contributed by atoms with Gasteiger partial charge in [-0.05, 0) is 25.2 Å². The van der Waals surface area contributed by atoms with Crippen molar-refractivity contribution in [2.45, 2.75) is 65.3 Å². The maximum absolute atomic E-state index is 11.9. The van der Waals surface area contributed by atoms with Crippen molar-refractivity contribution in [2.75, 3.05) is 27.2 Å². The van der Waals surface area contributed by atoms with Crippen molar-refractivity contribution in [3.8, 4) is 0 Å². The highest BCUT2D eigenvalue weighted by molar-refractivity contribution is 5.86. The third-order valence-corrected chi connectivity index (χ3v) is 5.19. The molecule has 1 aliphatic rings. The molecular weight excluding hydrogens is 342 g/mol. The average Bonchev–Trinajstić information content (AvgIpc) is 3.09. The fraction of sp³-hybridized carbons (Fsp3) is 0.750. The van der Waals surface area contributed by atoms with Gasteiger partial charge in [0.25, 0.3) is 0 Å². The Morgan fingerprint density at radius 1 is 1.19 bits per heavy atom. The summed E-state index contributed by atoms with van der Waals surface area (Å²) in [7, 11) is 3.52. The second-order valence-corrected chi connectivity index (χ2v) is 7.43. The molecule has 0 unspecified atom stereocenters. The summed E-state index contributed by atoms with van der Waals surface area (Å²) < 4.78 is 5.43. The Morgan fingerprint density at radius 3 is 2.56 bits per heavy atom. The summed E-state index contributed by atoms with van der Waals surface area (Å²) in [5.41, 5.74) is 2.03. The number of rotatable bonds is 8. The summed E-state index contributed by atoms with van der Waals surface area (Å²) >= 11 is 0. The monoisotopic (exact) mass is 377 g/mol. The molecule has 0 radical (unpaired) electrons. The number of hydrogen-bond donors (Lipinski definition) is 2. The van der Waals surface area contributed by atoms with E-state index in [1.165, 1.54) is 32.1 Å². The molecule has 7 heteroatoms. The molecule has 1 aliphatic carbocycles. The lowest BCUT2D eigenvalue weighted by atomic mass is 9.89. The van der Waals surface area contributed by atoms with Gasteiger partial charge >= 0.3 is 0 Å². The summed E-state index contributed by atoms with van der Waals surface area (Å²) in [6.45, 7) is 5.76. The minimum absolute atomic E-state index is 0.0237. The van der Waals surface area contributed by atoms with Crippen molar-refractivity contribution in [3.63, 3.8) is 0 Å². The second-order valence-electron chi connectivity index (χ2n) is 7.43. The van der Waals surface area contributed by atoms with Gasteiger partial charge in [0.05, 0.1) is 18.8 Å². The van der Waals surface area contributed by atoms with E-state index in [1.807, 2.05) is 0 Å². The van der Waals surface area contributed by atoms with E-state index in [2.05, 4.69) is 29.6 Å². The Balaban J connectivity index is 2.03. The molecule has 1 aromatic rings. The minimum atomic E-state index is 0.0237. The Morgan fingerprint density at radius 2 is 1.93 bits per heavy atom. The molecule has 0 bridgehead atoms. The van der Waals surface area contributed by atoms with Gasteiger partial charge in [0.1, 0.15) is 5.76 Å². The number of amides is 1. The lowest BCUT2D eigenvalue weighted by Crippen LogP contribution is -2.44. The van der Waals surface area contributed by atoms with Crippen molar-refractivity contribution in [1.82, 2.24) is 20.7 Å². The SMILES string of the molecule is CCc1noc(CC)c1CN=C(NCC(=O)N(C)C)NCC1CCCCC1. The van der Waals surface area contributed by atoms with Crippen LogP contribution in [0.3, 0.4) is 0 Å². The first kappa shape index (κ1) is 21.3. The number of nitrogens with zero attached hydrogens (tertiary/aromatic N) is 3. The van der Waals surface area contributed by atoms with Crippen molar-refractivity contribution in [2.24, 2.45) is 10.9 Å². The first-order chi connectivity index (χ1) is 13.0. The van der Waals surface area contributed by atoms with Crippen LogP contribution in [0.4, 0.5) is 0 Å². The second kappa shape index (κ2) is 10.9. The van der Waals surface area contributed by atoms with Gasteiger partial charge in [-0.2, -0.15) is 0 Å². The number of hydrogen-bond acceptors (Lipinski definition) is 4. The van der Waals surface area contributed by atoms with E-state index in [0.29, 0.717) is 18.4 Å². The molecule has 0 atom stereocenters. The van der Waals surface area contributed by atoms with Crippen LogP contribution in [0.5, 0.6) is 0 Å². The van der Waals surface area contributed by atoms with Gasteiger partial charge in [0.2, 0.25) is 5.91 Å². The summed E-state index contributed by atoms with van der Waals surface area (Å²) in [5, 5.41) is 10.8. The smallest absolute Gasteiger partial charge is 0.241 e. The first-order valence-corrected chi connectivity index (χ1v) is 10.2. The summed E-state index contributed by atoms with van der Waals surface area (Å²) in [5.74, 6) is 2.28. The van der Waals surface area contributed by atoms with E-state index in [1.54, 1.807) is 19.0 Å². The zero-order valence-electron chi connectivity index (χ0n) is 17.3. The van der Waals surface area contributed by atoms with E-state index in [4.69, 9.17) is 9.52 Å². The quantitative estimate of drug-likeness (QED) is 0.537. The predicted molar refractivity (Wildman–Crippen MR) is 108 cm³/mol. The van der Waals surface area contributed by atoms with E-state index >= 15 is 0 Å². The summed E-state index contributed by atoms with van der Waals surface area (Å²) in [6.07, 6.45) is 8.13. The van der Waals surface area contributed by atoms with Crippen LogP contribution in [-0.4, -0.2) is 49.1 Å². The molecule has 0 saturated heterocycles. The largest absolute Gasteiger partial charge is 0.361 e. The number of aromatic nitrogens is 1. The molecule has 0 aliphatic heterocycles. The lowest BCUT2D eigenvalue weighted by Gasteiger charge is -2.23. The van der Waals surface area contributed by atoms with Crippen LogP contribution >= 0.6 is 0 Å². The summed E-state index contributed by atoms with van der Waals surface area (Å²) in [4.78, 5) is 18.2. The van der Waals surface area contributed by atoms with Crippen molar-refractivity contribution in [1.29, 1.82) is 0 Å². The van der Waals surface area contributed by atoms with Crippen LogP contribution < -0.4 is 10.6 Å². The molecule has 1 amide bonds. The number of likely N-dealkylation sites (N-methyl/N-ethyl adjacent to an activating group) is 1. The van der Waals surface area contributed by atoms with Gasteiger partial charge < -0.3 is 20.1 Å². The molecule has 0 spiro atoms. The highest BCUT2D eigenvalue weighted by Crippen LogP contribution is 2.22. The number of guanidine groups is 1.